The van der Waals surface area contributed by atoms with Gasteiger partial charge in [0.2, 0.25) is 11.8 Å². The average Bonchev–Trinajstić information content (AvgIpc) is 3.04. The normalized spacial score (nSPS) is 24.6. The van der Waals surface area contributed by atoms with E-state index in [2.05, 4.69) is 22.8 Å². The first-order valence-electron chi connectivity index (χ1n) is 10.0. The Balaban J connectivity index is 0.000000416. The number of rotatable bonds is 1. The van der Waals surface area contributed by atoms with E-state index in [1.807, 2.05) is 30.5 Å². The SMILES string of the molecule is O=C1C2C3c4ccccc4C(C2C(=O)N1c1ccc(Cl)cc1)[n+]1ccccc13.[O-][Cl+3]([O-])([O-])[O-]. The van der Waals surface area contributed by atoms with E-state index in [9.17, 15) is 9.59 Å². The van der Waals surface area contributed by atoms with Gasteiger partial charge in [0.25, 0.3) is 0 Å². The van der Waals surface area contributed by atoms with Crippen LogP contribution in [0, 0.1) is 22.1 Å². The molecule has 2 bridgehead atoms. The molecule has 33 heavy (non-hydrogen) atoms. The molecule has 0 spiro atoms. The van der Waals surface area contributed by atoms with Gasteiger partial charge in [-0.2, -0.15) is 4.57 Å². The lowest BCUT2D eigenvalue weighted by Crippen LogP contribution is -2.68. The molecule has 2 aromatic carbocycles. The minimum Gasteiger partial charge on any atom is -0.274 e. The third kappa shape index (κ3) is 3.61. The second-order valence-electron chi connectivity index (χ2n) is 8.00. The number of hydrogen-bond acceptors (Lipinski definition) is 6. The topological polar surface area (TPSA) is 134 Å². The van der Waals surface area contributed by atoms with Crippen LogP contribution >= 0.6 is 11.6 Å². The predicted molar refractivity (Wildman–Crippen MR) is 104 cm³/mol. The zero-order valence-corrected chi connectivity index (χ0v) is 18.3. The Bertz CT molecular complexity index is 1140. The smallest absolute Gasteiger partial charge is 0.244 e. The Kier molecular flexibility index (Phi) is 5.24. The Hall–Kier alpha value is -2.85. The number of amides is 2. The van der Waals surface area contributed by atoms with E-state index < -0.39 is 10.2 Å². The molecule has 4 heterocycles. The van der Waals surface area contributed by atoms with Gasteiger partial charge in [-0.05, 0) is 29.8 Å². The minimum absolute atomic E-state index is 0.110. The van der Waals surface area contributed by atoms with Gasteiger partial charge < -0.3 is 0 Å². The summed E-state index contributed by atoms with van der Waals surface area (Å²) in [4.78, 5) is 28.4. The summed E-state index contributed by atoms with van der Waals surface area (Å²) in [7, 11) is -4.94. The van der Waals surface area contributed by atoms with Gasteiger partial charge in [-0.15, -0.1) is 10.2 Å². The maximum absolute atomic E-state index is 13.5. The van der Waals surface area contributed by atoms with Crippen LogP contribution in [-0.2, 0) is 9.59 Å². The van der Waals surface area contributed by atoms with Crippen LogP contribution in [0.25, 0.3) is 0 Å². The van der Waals surface area contributed by atoms with Crippen LogP contribution in [0.5, 0.6) is 0 Å². The van der Waals surface area contributed by atoms with Crippen molar-refractivity contribution in [2.24, 2.45) is 11.8 Å². The number of imide groups is 1. The second-order valence-corrected chi connectivity index (χ2v) is 9.19. The molecule has 0 saturated carbocycles. The molecule has 7 rings (SSSR count). The van der Waals surface area contributed by atoms with E-state index in [-0.39, 0.29) is 35.6 Å². The fourth-order valence-corrected chi connectivity index (χ4v) is 5.47. The van der Waals surface area contributed by atoms with Gasteiger partial charge >= 0.3 is 0 Å². The van der Waals surface area contributed by atoms with Crippen molar-refractivity contribution in [1.82, 2.24) is 0 Å². The number of anilines is 1. The van der Waals surface area contributed by atoms with Crippen LogP contribution in [0.2, 0.25) is 5.02 Å². The fraction of sp³-hybridized carbons (Fsp3) is 0.174. The maximum atomic E-state index is 13.5. The number of benzene rings is 2. The number of aromatic nitrogens is 1. The van der Waals surface area contributed by atoms with Gasteiger partial charge in [0.15, 0.2) is 17.9 Å². The summed E-state index contributed by atoms with van der Waals surface area (Å²) in [5.74, 6) is -1.10. The van der Waals surface area contributed by atoms with Crippen LogP contribution in [0.3, 0.4) is 0 Å². The maximum Gasteiger partial charge on any atom is 0.244 e. The van der Waals surface area contributed by atoms with E-state index in [0.717, 1.165) is 11.3 Å². The number of carbonyl (C=O) groups excluding carboxylic acids is 2. The van der Waals surface area contributed by atoms with Gasteiger partial charge in [-0.3, -0.25) is 9.59 Å². The summed E-state index contributed by atoms with van der Waals surface area (Å²) in [6, 6.07) is 21.0. The van der Waals surface area contributed by atoms with Crippen molar-refractivity contribution in [1.29, 1.82) is 0 Å². The first-order chi connectivity index (χ1) is 15.7. The van der Waals surface area contributed by atoms with Crippen LogP contribution in [0.15, 0.2) is 72.9 Å². The molecule has 4 unspecified atom stereocenters. The van der Waals surface area contributed by atoms with Gasteiger partial charge in [-0.1, -0.05) is 41.9 Å². The number of hydrogen-bond donors (Lipinski definition) is 0. The first kappa shape index (κ1) is 22.0. The van der Waals surface area contributed by atoms with Crippen molar-refractivity contribution in [2.75, 3.05) is 4.90 Å². The molecule has 4 atom stereocenters. The Morgan fingerprint density at radius 3 is 2.03 bits per heavy atom. The molecule has 2 amide bonds. The predicted octanol–water partition coefficient (Wildman–Crippen LogP) is -1.27. The molecule has 3 aliphatic heterocycles. The monoisotopic (exact) mass is 486 g/mol. The van der Waals surface area contributed by atoms with Crippen molar-refractivity contribution in [3.8, 4) is 0 Å². The molecular weight excluding hydrogens is 471 g/mol. The molecule has 0 radical (unpaired) electrons. The van der Waals surface area contributed by atoms with Crippen molar-refractivity contribution in [3.63, 3.8) is 0 Å². The summed E-state index contributed by atoms with van der Waals surface area (Å²) >= 11 is 6.00. The molecule has 3 aromatic rings. The summed E-state index contributed by atoms with van der Waals surface area (Å²) in [6.07, 6.45) is 2.03. The number of nitrogens with zero attached hydrogens (tertiary/aromatic N) is 2. The van der Waals surface area contributed by atoms with Crippen LogP contribution < -0.4 is 28.1 Å². The lowest BCUT2D eigenvalue weighted by molar-refractivity contribution is -2.00. The largest absolute Gasteiger partial charge is 0.274 e. The lowest BCUT2D eigenvalue weighted by Gasteiger charge is -2.40. The van der Waals surface area contributed by atoms with E-state index in [1.165, 1.54) is 10.5 Å². The zero-order chi connectivity index (χ0) is 23.5. The highest BCUT2D eigenvalue weighted by atomic mass is 35.7. The Morgan fingerprint density at radius 1 is 0.788 bits per heavy atom. The van der Waals surface area contributed by atoms with Crippen molar-refractivity contribution < 1.29 is 43.0 Å². The van der Waals surface area contributed by atoms with E-state index >= 15 is 0 Å². The highest BCUT2D eigenvalue weighted by molar-refractivity contribution is 6.30. The van der Waals surface area contributed by atoms with Crippen molar-refractivity contribution in [2.45, 2.75) is 12.0 Å². The lowest BCUT2D eigenvalue weighted by atomic mass is 9.63. The van der Waals surface area contributed by atoms with Gasteiger partial charge in [-0.25, -0.2) is 23.5 Å². The highest BCUT2D eigenvalue weighted by Crippen LogP contribution is 2.55. The van der Waals surface area contributed by atoms with Gasteiger partial charge in [0.05, 0.1) is 17.5 Å². The number of carbonyl (C=O) groups is 2. The molecular formula is C23H16Cl2N2O6. The Labute approximate surface area is 195 Å². The van der Waals surface area contributed by atoms with Crippen LogP contribution in [-0.4, -0.2) is 11.8 Å². The molecule has 1 saturated heterocycles. The van der Waals surface area contributed by atoms with Crippen LogP contribution in [0.1, 0.15) is 28.8 Å². The number of halogens is 2. The molecule has 8 nitrogen and oxygen atoms in total. The third-order valence-electron chi connectivity index (χ3n) is 6.37. The summed E-state index contributed by atoms with van der Waals surface area (Å²) in [5, 5.41) is 0.579. The summed E-state index contributed by atoms with van der Waals surface area (Å²) in [6.45, 7) is 0. The molecule has 1 aromatic heterocycles. The molecule has 1 aliphatic carbocycles. The molecule has 1 fully saturated rings. The third-order valence-corrected chi connectivity index (χ3v) is 6.63. The second kappa shape index (κ2) is 7.88. The van der Waals surface area contributed by atoms with Gasteiger partial charge in [0, 0.05) is 22.7 Å². The molecule has 10 heteroatoms. The summed E-state index contributed by atoms with van der Waals surface area (Å²) < 4.78 is 36.2. The van der Waals surface area contributed by atoms with Gasteiger partial charge in [0.1, 0.15) is 5.92 Å². The highest BCUT2D eigenvalue weighted by Gasteiger charge is 2.66. The first-order valence-corrected chi connectivity index (χ1v) is 11.6. The number of pyridine rings is 1. The molecule has 0 N–H and O–H groups in total. The average molecular weight is 487 g/mol. The molecule has 4 aliphatic rings. The quantitative estimate of drug-likeness (QED) is 0.310. The van der Waals surface area contributed by atoms with Crippen molar-refractivity contribution >= 4 is 29.1 Å². The Morgan fingerprint density at radius 2 is 1.36 bits per heavy atom. The van der Waals surface area contributed by atoms with Crippen molar-refractivity contribution in [3.05, 3.63) is 94.8 Å². The fourth-order valence-electron chi connectivity index (χ4n) is 5.34. The standard InChI is InChI=1S/C23H16ClN2O2.ClHO4/c24-13-8-10-14(11-9-13)26-22(27)19-18-15-5-1-2-6-16(15)21(20(19)23(26)28)25-12-4-3-7-17(18)25;2-1(3,4)5/h1-12,18-21H;(H,2,3,4,5)/q+1;/p-1. The summed E-state index contributed by atoms with van der Waals surface area (Å²) in [5.41, 5.74) is 4.01. The van der Waals surface area contributed by atoms with E-state index in [0.29, 0.717) is 10.7 Å². The zero-order valence-electron chi connectivity index (χ0n) is 16.8. The molecule has 168 valence electrons. The van der Waals surface area contributed by atoms with E-state index in [1.54, 1.807) is 24.3 Å². The minimum atomic E-state index is -4.94. The van der Waals surface area contributed by atoms with E-state index in [4.69, 9.17) is 30.2 Å². The van der Waals surface area contributed by atoms with Crippen LogP contribution in [0.4, 0.5) is 5.69 Å².